The quantitative estimate of drug-likeness (QED) is 0.746. The summed E-state index contributed by atoms with van der Waals surface area (Å²) in [4.78, 5) is 0. The normalized spacial score (nSPS) is 13.2. The van der Waals surface area contributed by atoms with Crippen LogP contribution in [0.4, 0.5) is 5.82 Å². The summed E-state index contributed by atoms with van der Waals surface area (Å²) < 4.78 is 1.98. The molecule has 0 bridgehead atoms. The predicted octanol–water partition coefficient (Wildman–Crippen LogP) is 1.82. The van der Waals surface area contributed by atoms with E-state index in [1.54, 1.807) is 0 Å². The fraction of sp³-hybridized carbons (Fsp3) is 0.667. The van der Waals surface area contributed by atoms with Gasteiger partial charge >= 0.3 is 0 Å². The Bertz CT molecular complexity index is 252. The van der Waals surface area contributed by atoms with Crippen LogP contribution in [-0.2, 0) is 6.54 Å². The highest BCUT2D eigenvalue weighted by Gasteiger charge is 2.04. The first-order valence-corrected chi connectivity index (χ1v) is 4.43. The van der Waals surface area contributed by atoms with E-state index in [9.17, 15) is 0 Å². The monoisotopic (exact) mass is 167 g/mol. The molecule has 1 aromatic rings. The largest absolute Gasteiger partial charge is 0.382 e. The molecular weight excluding hydrogens is 150 g/mol. The van der Waals surface area contributed by atoms with Gasteiger partial charge in [-0.3, -0.25) is 4.68 Å². The van der Waals surface area contributed by atoms with Crippen molar-refractivity contribution in [3.63, 3.8) is 0 Å². The second-order valence-electron chi connectivity index (χ2n) is 3.41. The zero-order chi connectivity index (χ0) is 9.14. The molecular formula is C9H17N3. The van der Waals surface area contributed by atoms with Crippen molar-refractivity contribution in [1.29, 1.82) is 0 Å². The maximum absolute atomic E-state index is 5.56. The first-order chi connectivity index (χ1) is 5.63. The van der Waals surface area contributed by atoms with Gasteiger partial charge in [0, 0.05) is 18.3 Å². The summed E-state index contributed by atoms with van der Waals surface area (Å²) in [5, 5.41) is 4.19. The van der Waals surface area contributed by atoms with Gasteiger partial charge in [0.05, 0.1) is 0 Å². The minimum Gasteiger partial charge on any atom is -0.382 e. The number of nitrogens with two attached hydrogens (primary N) is 1. The minimum absolute atomic E-state index is 0.621. The zero-order valence-corrected chi connectivity index (χ0v) is 8.04. The zero-order valence-electron chi connectivity index (χ0n) is 8.04. The van der Waals surface area contributed by atoms with Crippen molar-refractivity contribution in [3.8, 4) is 0 Å². The Morgan fingerprint density at radius 2 is 2.33 bits per heavy atom. The Morgan fingerprint density at radius 3 is 2.75 bits per heavy atom. The van der Waals surface area contributed by atoms with Crippen molar-refractivity contribution in [2.45, 2.75) is 33.7 Å². The number of nitrogens with zero attached hydrogens (tertiary/aromatic N) is 2. The standard InChI is InChI=1S/C9H17N3/c1-4-7(2)6-12-8(3)5-9(10)11-12/h5,7H,4,6H2,1-3H3,(H2,10,11). The number of hydrogen-bond acceptors (Lipinski definition) is 2. The molecule has 1 atom stereocenters. The van der Waals surface area contributed by atoms with Gasteiger partial charge < -0.3 is 5.73 Å². The molecule has 0 aliphatic heterocycles. The molecule has 0 aromatic carbocycles. The average Bonchev–Trinajstić information content (AvgIpc) is 2.30. The van der Waals surface area contributed by atoms with Crippen molar-refractivity contribution in [2.75, 3.05) is 5.73 Å². The Labute approximate surface area is 73.6 Å². The minimum atomic E-state index is 0.621. The van der Waals surface area contributed by atoms with Gasteiger partial charge in [-0.05, 0) is 12.8 Å². The summed E-state index contributed by atoms with van der Waals surface area (Å²) in [6.07, 6.45) is 1.18. The van der Waals surface area contributed by atoms with Crippen LogP contribution in [0.5, 0.6) is 0 Å². The summed E-state index contributed by atoms with van der Waals surface area (Å²) in [7, 11) is 0. The molecule has 1 rings (SSSR count). The summed E-state index contributed by atoms with van der Waals surface area (Å²) in [5.74, 6) is 1.29. The number of rotatable bonds is 3. The van der Waals surface area contributed by atoms with Crippen LogP contribution in [0.3, 0.4) is 0 Å². The lowest BCUT2D eigenvalue weighted by Gasteiger charge is -2.09. The first-order valence-electron chi connectivity index (χ1n) is 4.43. The van der Waals surface area contributed by atoms with Crippen molar-refractivity contribution >= 4 is 5.82 Å². The smallest absolute Gasteiger partial charge is 0.145 e. The number of aromatic nitrogens is 2. The molecule has 68 valence electrons. The van der Waals surface area contributed by atoms with E-state index in [1.165, 1.54) is 6.42 Å². The maximum Gasteiger partial charge on any atom is 0.145 e. The van der Waals surface area contributed by atoms with Gasteiger partial charge in [0.25, 0.3) is 0 Å². The molecule has 0 saturated carbocycles. The lowest BCUT2D eigenvalue weighted by molar-refractivity contribution is 0.433. The van der Waals surface area contributed by atoms with Gasteiger partial charge in [0.15, 0.2) is 0 Å². The van der Waals surface area contributed by atoms with Crippen molar-refractivity contribution in [1.82, 2.24) is 9.78 Å². The van der Waals surface area contributed by atoms with Crippen LogP contribution < -0.4 is 5.73 Å². The highest BCUT2D eigenvalue weighted by atomic mass is 15.3. The summed E-state index contributed by atoms with van der Waals surface area (Å²) in [5.41, 5.74) is 6.71. The van der Waals surface area contributed by atoms with Crippen LogP contribution >= 0.6 is 0 Å². The molecule has 1 unspecified atom stereocenters. The number of aryl methyl sites for hydroxylation is 1. The molecule has 0 saturated heterocycles. The fourth-order valence-corrected chi connectivity index (χ4v) is 1.14. The molecule has 0 radical (unpaired) electrons. The first kappa shape index (κ1) is 9.10. The molecule has 12 heavy (non-hydrogen) atoms. The van der Waals surface area contributed by atoms with Gasteiger partial charge in [-0.2, -0.15) is 5.10 Å². The van der Waals surface area contributed by atoms with Crippen LogP contribution in [0, 0.1) is 12.8 Å². The van der Waals surface area contributed by atoms with E-state index >= 15 is 0 Å². The molecule has 0 fully saturated rings. The van der Waals surface area contributed by atoms with Gasteiger partial charge in [0.1, 0.15) is 5.82 Å². The van der Waals surface area contributed by atoms with E-state index in [2.05, 4.69) is 18.9 Å². The Balaban J connectivity index is 2.68. The number of hydrogen-bond donors (Lipinski definition) is 1. The lowest BCUT2D eigenvalue weighted by Crippen LogP contribution is -2.09. The van der Waals surface area contributed by atoms with E-state index in [0.29, 0.717) is 11.7 Å². The molecule has 1 aromatic heterocycles. The van der Waals surface area contributed by atoms with Crippen molar-refractivity contribution in [2.24, 2.45) is 5.92 Å². The highest BCUT2D eigenvalue weighted by molar-refractivity contribution is 5.28. The summed E-state index contributed by atoms with van der Waals surface area (Å²) >= 11 is 0. The topological polar surface area (TPSA) is 43.8 Å². The SMILES string of the molecule is CCC(C)Cn1nc(N)cc1C. The second kappa shape index (κ2) is 3.61. The van der Waals surface area contributed by atoms with Crippen LogP contribution in [-0.4, -0.2) is 9.78 Å². The molecule has 3 nitrogen and oxygen atoms in total. The van der Waals surface area contributed by atoms with Crippen LogP contribution in [0.15, 0.2) is 6.07 Å². The molecule has 0 aliphatic rings. The van der Waals surface area contributed by atoms with Gasteiger partial charge in [0.2, 0.25) is 0 Å². The van der Waals surface area contributed by atoms with E-state index in [-0.39, 0.29) is 0 Å². The summed E-state index contributed by atoms with van der Waals surface area (Å²) in [6.45, 7) is 7.41. The molecule has 0 aliphatic carbocycles. The van der Waals surface area contributed by atoms with E-state index in [1.807, 2.05) is 17.7 Å². The van der Waals surface area contributed by atoms with Crippen LogP contribution in [0.1, 0.15) is 26.0 Å². The third-order valence-electron chi connectivity index (χ3n) is 2.18. The third-order valence-corrected chi connectivity index (χ3v) is 2.18. The van der Waals surface area contributed by atoms with Crippen LogP contribution in [0.25, 0.3) is 0 Å². The maximum atomic E-state index is 5.56. The lowest BCUT2D eigenvalue weighted by atomic mass is 10.1. The fourth-order valence-electron chi connectivity index (χ4n) is 1.14. The Kier molecular flexibility index (Phi) is 2.74. The highest BCUT2D eigenvalue weighted by Crippen LogP contribution is 2.09. The van der Waals surface area contributed by atoms with E-state index < -0.39 is 0 Å². The average molecular weight is 167 g/mol. The van der Waals surface area contributed by atoms with Gasteiger partial charge in [-0.25, -0.2) is 0 Å². The third kappa shape index (κ3) is 2.00. The van der Waals surface area contributed by atoms with Gasteiger partial charge in [-0.15, -0.1) is 0 Å². The van der Waals surface area contributed by atoms with Crippen molar-refractivity contribution < 1.29 is 0 Å². The molecule has 0 spiro atoms. The van der Waals surface area contributed by atoms with Crippen LogP contribution in [0.2, 0.25) is 0 Å². The summed E-state index contributed by atoms with van der Waals surface area (Å²) in [6, 6.07) is 1.91. The van der Waals surface area contributed by atoms with E-state index in [0.717, 1.165) is 12.2 Å². The molecule has 3 heteroatoms. The van der Waals surface area contributed by atoms with Gasteiger partial charge in [-0.1, -0.05) is 20.3 Å². The molecule has 0 amide bonds. The van der Waals surface area contributed by atoms with Crippen molar-refractivity contribution in [3.05, 3.63) is 11.8 Å². The number of nitrogen functional groups attached to an aromatic ring is 1. The van der Waals surface area contributed by atoms with E-state index in [4.69, 9.17) is 5.73 Å². The predicted molar refractivity (Wildman–Crippen MR) is 50.8 cm³/mol. The molecule has 2 N–H and O–H groups in total. The Morgan fingerprint density at radius 1 is 1.67 bits per heavy atom. The second-order valence-corrected chi connectivity index (χ2v) is 3.41. The number of anilines is 1. The molecule has 1 heterocycles. The Hall–Kier alpha value is -0.990.